The number of hydrogen-bond donors (Lipinski definition) is 2. The van der Waals surface area contributed by atoms with Gasteiger partial charge in [0.05, 0.1) is 11.3 Å². The summed E-state index contributed by atoms with van der Waals surface area (Å²) in [5.74, 6) is -0.389. The number of anilines is 2. The first kappa shape index (κ1) is 16.5. The summed E-state index contributed by atoms with van der Waals surface area (Å²) in [6.45, 7) is 3.96. The summed E-state index contributed by atoms with van der Waals surface area (Å²) in [6, 6.07) is 6.07. The second-order valence-electron chi connectivity index (χ2n) is 4.46. The van der Waals surface area contributed by atoms with Crippen molar-refractivity contribution in [1.82, 2.24) is 9.97 Å². The highest BCUT2D eigenvalue weighted by molar-refractivity contribution is 6.03. The first-order valence-corrected chi connectivity index (χ1v) is 6.56. The second-order valence-corrected chi connectivity index (χ2v) is 4.46. The Bertz CT molecular complexity index is 716. The lowest BCUT2D eigenvalue weighted by Crippen LogP contribution is -2.18. The number of carbonyl (C=O) groups excluding carboxylic acids is 1. The lowest BCUT2D eigenvalue weighted by atomic mass is 10.1. The highest BCUT2D eigenvalue weighted by Gasteiger charge is 2.33. The molecule has 0 aliphatic carbocycles. The molecule has 1 amide bonds. The highest BCUT2D eigenvalue weighted by atomic mass is 19.4. The molecule has 0 saturated heterocycles. The molecule has 2 aromatic rings. The molecule has 0 aliphatic heterocycles. The zero-order valence-corrected chi connectivity index (χ0v) is 11.9. The second kappa shape index (κ2) is 6.91. The molecule has 0 bridgehead atoms. The number of nitrogens with zero attached hydrogens (tertiary/aromatic N) is 2. The number of nitrogens with one attached hydrogen (secondary N) is 2. The monoisotopic (exact) mass is 322 g/mol. The van der Waals surface area contributed by atoms with Gasteiger partial charge in [-0.1, -0.05) is 18.2 Å². The summed E-state index contributed by atoms with van der Waals surface area (Å²) < 4.78 is 38.7. The van der Waals surface area contributed by atoms with E-state index in [-0.39, 0.29) is 11.4 Å². The lowest BCUT2D eigenvalue weighted by Gasteiger charge is -2.13. The van der Waals surface area contributed by atoms with Crippen LogP contribution in [-0.2, 0) is 6.18 Å². The fourth-order valence-electron chi connectivity index (χ4n) is 1.78. The summed E-state index contributed by atoms with van der Waals surface area (Å²) in [5.41, 5.74) is -1.31. The van der Waals surface area contributed by atoms with Crippen molar-refractivity contribution in [3.05, 3.63) is 60.6 Å². The van der Waals surface area contributed by atoms with Crippen LogP contribution >= 0.6 is 0 Å². The SMILES string of the molecule is C=CCNc1cc(C(=O)Nc2ccccc2C(F)(F)F)ncn1. The van der Waals surface area contributed by atoms with Gasteiger partial charge in [-0.25, -0.2) is 9.97 Å². The maximum atomic E-state index is 12.9. The predicted octanol–water partition coefficient (Wildman–Crippen LogP) is 3.35. The predicted molar refractivity (Wildman–Crippen MR) is 80.1 cm³/mol. The van der Waals surface area contributed by atoms with Crippen LogP contribution in [-0.4, -0.2) is 22.4 Å². The quantitative estimate of drug-likeness (QED) is 0.829. The van der Waals surface area contributed by atoms with Gasteiger partial charge in [0.2, 0.25) is 0 Å². The topological polar surface area (TPSA) is 66.9 Å². The van der Waals surface area contributed by atoms with Crippen molar-refractivity contribution in [2.45, 2.75) is 6.18 Å². The van der Waals surface area contributed by atoms with Crippen LogP contribution < -0.4 is 10.6 Å². The molecule has 0 saturated carbocycles. The molecule has 0 spiro atoms. The number of benzene rings is 1. The van der Waals surface area contributed by atoms with Gasteiger partial charge in [-0.2, -0.15) is 13.2 Å². The Kier molecular flexibility index (Phi) is 4.95. The van der Waals surface area contributed by atoms with E-state index in [1.807, 2.05) is 0 Å². The third kappa shape index (κ3) is 4.29. The Hall–Kier alpha value is -2.90. The zero-order valence-electron chi connectivity index (χ0n) is 11.9. The largest absolute Gasteiger partial charge is 0.418 e. The normalized spacial score (nSPS) is 10.9. The number of halogens is 3. The molecule has 5 nitrogen and oxygen atoms in total. The summed E-state index contributed by atoms with van der Waals surface area (Å²) in [4.78, 5) is 19.8. The number of amides is 1. The van der Waals surface area contributed by atoms with Gasteiger partial charge in [0.1, 0.15) is 17.8 Å². The van der Waals surface area contributed by atoms with Crippen molar-refractivity contribution in [1.29, 1.82) is 0 Å². The van der Waals surface area contributed by atoms with Gasteiger partial charge >= 0.3 is 6.18 Å². The van der Waals surface area contributed by atoms with Crippen LogP contribution in [0, 0.1) is 0 Å². The van der Waals surface area contributed by atoms with Crippen molar-refractivity contribution in [3.8, 4) is 0 Å². The molecule has 0 unspecified atom stereocenters. The van der Waals surface area contributed by atoms with E-state index in [0.29, 0.717) is 12.4 Å². The maximum absolute atomic E-state index is 12.9. The molecular weight excluding hydrogens is 309 g/mol. The molecule has 23 heavy (non-hydrogen) atoms. The summed E-state index contributed by atoms with van der Waals surface area (Å²) in [6.07, 6.45) is -1.82. The van der Waals surface area contributed by atoms with E-state index in [2.05, 4.69) is 27.2 Å². The molecular formula is C15H13F3N4O. The molecule has 2 N–H and O–H groups in total. The van der Waals surface area contributed by atoms with Gasteiger partial charge in [-0.3, -0.25) is 4.79 Å². The van der Waals surface area contributed by atoms with E-state index in [4.69, 9.17) is 0 Å². The van der Waals surface area contributed by atoms with Crippen LogP contribution in [0.2, 0.25) is 0 Å². The van der Waals surface area contributed by atoms with Crippen LogP contribution in [0.5, 0.6) is 0 Å². The minimum atomic E-state index is -4.56. The van der Waals surface area contributed by atoms with Crippen LogP contribution in [0.1, 0.15) is 16.1 Å². The zero-order chi connectivity index (χ0) is 16.9. The lowest BCUT2D eigenvalue weighted by molar-refractivity contribution is -0.136. The third-order valence-electron chi connectivity index (χ3n) is 2.81. The number of rotatable bonds is 5. The van der Waals surface area contributed by atoms with Crippen molar-refractivity contribution in [2.24, 2.45) is 0 Å². The smallest absolute Gasteiger partial charge is 0.366 e. The Labute approximate surface area is 130 Å². The van der Waals surface area contributed by atoms with Crippen molar-refractivity contribution < 1.29 is 18.0 Å². The van der Waals surface area contributed by atoms with Crippen LogP contribution in [0.15, 0.2) is 49.3 Å². The van der Waals surface area contributed by atoms with Crippen molar-refractivity contribution in [3.63, 3.8) is 0 Å². The van der Waals surface area contributed by atoms with Crippen LogP contribution in [0.3, 0.4) is 0 Å². The Morgan fingerprint density at radius 3 is 2.70 bits per heavy atom. The van der Waals surface area contributed by atoms with Gasteiger partial charge in [0.15, 0.2) is 0 Å². The van der Waals surface area contributed by atoms with Gasteiger partial charge in [0, 0.05) is 12.6 Å². The average Bonchev–Trinajstić information content (AvgIpc) is 2.52. The minimum Gasteiger partial charge on any atom is -0.366 e. The minimum absolute atomic E-state index is 0.0523. The van der Waals surface area contributed by atoms with Gasteiger partial charge in [-0.15, -0.1) is 6.58 Å². The molecule has 1 aromatic carbocycles. The van der Waals surface area contributed by atoms with Crippen molar-refractivity contribution >= 4 is 17.4 Å². The van der Waals surface area contributed by atoms with E-state index >= 15 is 0 Å². The molecule has 0 atom stereocenters. The number of alkyl halides is 3. The molecule has 0 radical (unpaired) electrons. The first-order valence-electron chi connectivity index (χ1n) is 6.56. The molecule has 1 aromatic heterocycles. The summed E-state index contributed by atoms with van der Waals surface area (Å²) in [7, 11) is 0. The van der Waals surface area contributed by atoms with Gasteiger partial charge in [0.25, 0.3) is 5.91 Å². The Balaban J connectivity index is 2.21. The van der Waals surface area contributed by atoms with Gasteiger partial charge < -0.3 is 10.6 Å². The third-order valence-corrected chi connectivity index (χ3v) is 2.81. The number of hydrogen-bond acceptors (Lipinski definition) is 4. The van der Waals surface area contributed by atoms with Crippen molar-refractivity contribution in [2.75, 3.05) is 17.2 Å². The highest BCUT2D eigenvalue weighted by Crippen LogP contribution is 2.34. The van der Waals surface area contributed by atoms with Crippen LogP contribution in [0.25, 0.3) is 0 Å². The number of aromatic nitrogens is 2. The molecule has 0 fully saturated rings. The average molecular weight is 322 g/mol. The van der Waals surface area contributed by atoms with E-state index in [1.165, 1.54) is 24.3 Å². The molecule has 8 heteroatoms. The maximum Gasteiger partial charge on any atom is 0.418 e. The molecule has 0 aliphatic rings. The van der Waals surface area contributed by atoms with Gasteiger partial charge in [-0.05, 0) is 12.1 Å². The van der Waals surface area contributed by atoms with Crippen LogP contribution in [0.4, 0.5) is 24.7 Å². The fourth-order valence-corrected chi connectivity index (χ4v) is 1.78. The molecule has 120 valence electrons. The first-order chi connectivity index (χ1) is 10.9. The number of para-hydroxylation sites is 1. The summed E-state index contributed by atoms with van der Waals surface area (Å²) in [5, 5.41) is 5.08. The van der Waals surface area contributed by atoms with E-state index < -0.39 is 17.6 Å². The van der Waals surface area contributed by atoms with E-state index in [0.717, 1.165) is 12.4 Å². The Morgan fingerprint density at radius 2 is 2.00 bits per heavy atom. The van der Waals surface area contributed by atoms with E-state index in [9.17, 15) is 18.0 Å². The molecule has 1 heterocycles. The summed E-state index contributed by atoms with van der Waals surface area (Å²) >= 11 is 0. The van der Waals surface area contributed by atoms with E-state index in [1.54, 1.807) is 6.08 Å². The standard InChI is InChI=1S/C15H13F3N4O/c1-2-7-19-13-8-12(20-9-21-13)14(23)22-11-6-4-3-5-10(11)15(16,17)18/h2-6,8-9H,1,7H2,(H,22,23)(H,19,20,21). The Morgan fingerprint density at radius 1 is 1.26 bits per heavy atom. The molecule has 2 rings (SSSR count). The fraction of sp³-hybridized carbons (Fsp3) is 0.133. The number of carbonyl (C=O) groups is 1.